The normalized spacial score (nSPS) is 29.5. The van der Waals surface area contributed by atoms with Crippen molar-refractivity contribution in [3.8, 4) is 0 Å². The van der Waals surface area contributed by atoms with Crippen LogP contribution in [0.5, 0.6) is 0 Å². The molecule has 0 N–H and O–H groups in total. The number of nitrogens with zero attached hydrogens (tertiary/aromatic N) is 3. The Morgan fingerprint density at radius 3 is 2.19 bits per heavy atom. The maximum atomic E-state index is 13.1. The van der Waals surface area contributed by atoms with E-state index in [-0.39, 0.29) is 47.9 Å². The average molecular weight is 438 g/mol. The van der Waals surface area contributed by atoms with E-state index in [1.165, 1.54) is 0 Å². The van der Waals surface area contributed by atoms with E-state index in [0.717, 1.165) is 38.8 Å². The molecule has 3 rings (SSSR count). The first kappa shape index (κ1) is 24.0. The maximum Gasteiger partial charge on any atom is 0.310 e. The number of rotatable bonds is 5. The van der Waals surface area contributed by atoms with E-state index >= 15 is 0 Å². The van der Waals surface area contributed by atoms with Crippen LogP contribution in [0.2, 0.25) is 0 Å². The lowest BCUT2D eigenvalue weighted by molar-refractivity contribution is -0.152. The minimum atomic E-state index is -0.236. The summed E-state index contributed by atoms with van der Waals surface area (Å²) >= 11 is 0. The quantitative estimate of drug-likeness (QED) is 0.607. The van der Waals surface area contributed by atoms with Crippen molar-refractivity contribution in [2.75, 3.05) is 45.9 Å². The van der Waals surface area contributed by atoms with Crippen molar-refractivity contribution in [1.29, 1.82) is 0 Å². The molecule has 0 aromatic rings. The van der Waals surface area contributed by atoms with Crippen LogP contribution in [0.1, 0.15) is 53.4 Å². The van der Waals surface area contributed by atoms with Crippen LogP contribution >= 0.6 is 0 Å². The zero-order valence-electron chi connectivity index (χ0n) is 19.5. The molecular formula is C23H39N3O5. The van der Waals surface area contributed by atoms with Gasteiger partial charge in [0.1, 0.15) is 0 Å². The summed E-state index contributed by atoms with van der Waals surface area (Å²) in [7, 11) is 0. The van der Waals surface area contributed by atoms with Crippen molar-refractivity contribution in [1.82, 2.24) is 14.7 Å². The van der Waals surface area contributed by atoms with E-state index in [4.69, 9.17) is 9.47 Å². The molecule has 0 bridgehead atoms. The van der Waals surface area contributed by atoms with Gasteiger partial charge in [-0.15, -0.1) is 0 Å². The van der Waals surface area contributed by atoms with Crippen LogP contribution in [0, 0.1) is 11.8 Å². The van der Waals surface area contributed by atoms with E-state index < -0.39 is 0 Å². The Kier molecular flexibility index (Phi) is 8.33. The molecule has 176 valence electrons. The van der Waals surface area contributed by atoms with Crippen molar-refractivity contribution < 1.29 is 23.9 Å². The third kappa shape index (κ3) is 5.98. The fourth-order valence-electron chi connectivity index (χ4n) is 5.20. The zero-order chi connectivity index (χ0) is 22.5. The van der Waals surface area contributed by atoms with Gasteiger partial charge in [0.2, 0.25) is 11.8 Å². The number of likely N-dealkylation sites (tertiary alicyclic amines) is 2. The van der Waals surface area contributed by atoms with Crippen LogP contribution in [0.4, 0.5) is 0 Å². The summed E-state index contributed by atoms with van der Waals surface area (Å²) in [6, 6.07) is -0.236. The molecule has 3 fully saturated rings. The van der Waals surface area contributed by atoms with Crippen molar-refractivity contribution in [3.05, 3.63) is 0 Å². The van der Waals surface area contributed by atoms with Gasteiger partial charge in [0, 0.05) is 32.1 Å². The number of carbonyl (C=O) groups is 3. The molecule has 3 aliphatic heterocycles. The minimum Gasteiger partial charge on any atom is -0.466 e. The monoisotopic (exact) mass is 437 g/mol. The van der Waals surface area contributed by atoms with Gasteiger partial charge in [-0.25, -0.2) is 0 Å². The summed E-state index contributed by atoms with van der Waals surface area (Å²) in [6.45, 7) is 12.1. The summed E-state index contributed by atoms with van der Waals surface area (Å²) in [5, 5.41) is 0. The molecule has 0 aromatic heterocycles. The Bertz CT molecular complexity index is 639. The number of ether oxygens (including phenoxy) is 2. The van der Waals surface area contributed by atoms with Crippen LogP contribution in [0.15, 0.2) is 0 Å². The molecule has 3 aliphatic rings. The van der Waals surface area contributed by atoms with Crippen molar-refractivity contribution in [2.24, 2.45) is 11.8 Å². The fourth-order valence-corrected chi connectivity index (χ4v) is 5.20. The molecule has 0 radical (unpaired) electrons. The predicted octanol–water partition coefficient (Wildman–Crippen LogP) is 1.52. The van der Waals surface area contributed by atoms with Gasteiger partial charge in [-0.2, -0.15) is 0 Å². The second-order valence-electron chi connectivity index (χ2n) is 9.36. The molecule has 3 saturated heterocycles. The summed E-state index contributed by atoms with van der Waals surface area (Å²) in [5.74, 6) is -0.0759. The van der Waals surface area contributed by atoms with Crippen molar-refractivity contribution in [3.63, 3.8) is 0 Å². The summed E-state index contributed by atoms with van der Waals surface area (Å²) in [4.78, 5) is 44.1. The van der Waals surface area contributed by atoms with Gasteiger partial charge in [0.05, 0.1) is 30.8 Å². The Morgan fingerprint density at radius 1 is 0.935 bits per heavy atom. The van der Waals surface area contributed by atoms with Gasteiger partial charge < -0.3 is 19.3 Å². The third-order valence-electron chi connectivity index (χ3n) is 6.87. The van der Waals surface area contributed by atoms with E-state index in [2.05, 4.69) is 4.90 Å². The van der Waals surface area contributed by atoms with Crippen LogP contribution in [0.3, 0.4) is 0 Å². The molecule has 4 unspecified atom stereocenters. The van der Waals surface area contributed by atoms with E-state index in [9.17, 15) is 14.4 Å². The lowest BCUT2D eigenvalue weighted by Gasteiger charge is -2.41. The average Bonchev–Trinajstić information content (AvgIpc) is 2.77. The Balaban J connectivity index is 1.49. The molecule has 8 heteroatoms. The summed E-state index contributed by atoms with van der Waals surface area (Å²) in [5.41, 5.74) is 0. The van der Waals surface area contributed by atoms with Gasteiger partial charge in [-0.05, 0) is 66.5 Å². The van der Waals surface area contributed by atoms with Crippen LogP contribution in [-0.2, 0) is 23.9 Å². The molecule has 2 amide bonds. The standard InChI is InChI=1S/C23H39N3O5/c1-5-30-23(29)20-7-6-10-25(15-20)21(27)18(4)24-11-8-19(9-12-24)22(28)26-13-16(2)31-17(3)14-26/h16-20H,5-15H2,1-4H3. The van der Waals surface area contributed by atoms with Gasteiger partial charge in [0.25, 0.3) is 0 Å². The highest BCUT2D eigenvalue weighted by Gasteiger charge is 2.37. The van der Waals surface area contributed by atoms with Crippen molar-refractivity contribution >= 4 is 17.8 Å². The van der Waals surface area contributed by atoms with Gasteiger partial charge >= 0.3 is 5.97 Å². The number of carbonyl (C=O) groups excluding carboxylic acids is 3. The number of hydrogen-bond donors (Lipinski definition) is 0. The summed E-state index contributed by atoms with van der Waals surface area (Å²) in [6.07, 6.45) is 3.32. The Labute approximate surface area is 186 Å². The van der Waals surface area contributed by atoms with E-state index in [1.54, 1.807) is 6.92 Å². The number of hydrogen-bond acceptors (Lipinski definition) is 6. The fraction of sp³-hybridized carbons (Fsp3) is 0.870. The second kappa shape index (κ2) is 10.8. The van der Waals surface area contributed by atoms with E-state index in [0.29, 0.717) is 32.8 Å². The Hall–Kier alpha value is -1.67. The maximum absolute atomic E-state index is 13.1. The SMILES string of the molecule is CCOC(=O)C1CCCN(C(=O)C(C)N2CCC(C(=O)N3CC(C)OC(C)C3)CC2)C1. The molecular weight excluding hydrogens is 398 g/mol. The number of amides is 2. The predicted molar refractivity (Wildman–Crippen MR) is 116 cm³/mol. The molecule has 31 heavy (non-hydrogen) atoms. The minimum absolute atomic E-state index is 0.0271. The first-order chi connectivity index (χ1) is 14.8. The molecule has 4 atom stereocenters. The lowest BCUT2D eigenvalue weighted by atomic mass is 9.93. The number of esters is 1. The highest BCUT2D eigenvalue weighted by Crippen LogP contribution is 2.25. The largest absolute Gasteiger partial charge is 0.466 e. The van der Waals surface area contributed by atoms with Crippen LogP contribution in [-0.4, -0.2) is 96.6 Å². The third-order valence-corrected chi connectivity index (χ3v) is 6.87. The molecule has 0 spiro atoms. The molecule has 0 saturated carbocycles. The molecule has 3 heterocycles. The number of morpholine rings is 1. The van der Waals surface area contributed by atoms with E-state index in [1.807, 2.05) is 30.6 Å². The number of piperidine rings is 2. The van der Waals surface area contributed by atoms with Gasteiger partial charge in [0.15, 0.2) is 0 Å². The highest BCUT2D eigenvalue weighted by molar-refractivity contribution is 5.83. The van der Waals surface area contributed by atoms with Crippen molar-refractivity contribution in [2.45, 2.75) is 71.6 Å². The Morgan fingerprint density at radius 2 is 1.58 bits per heavy atom. The molecule has 8 nitrogen and oxygen atoms in total. The van der Waals surface area contributed by atoms with Gasteiger partial charge in [-0.3, -0.25) is 19.3 Å². The van der Waals surface area contributed by atoms with Crippen LogP contribution in [0.25, 0.3) is 0 Å². The van der Waals surface area contributed by atoms with Crippen LogP contribution < -0.4 is 0 Å². The topological polar surface area (TPSA) is 79.4 Å². The van der Waals surface area contributed by atoms with Gasteiger partial charge in [-0.1, -0.05) is 0 Å². The zero-order valence-corrected chi connectivity index (χ0v) is 19.5. The first-order valence-electron chi connectivity index (χ1n) is 11.9. The second-order valence-corrected chi connectivity index (χ2v) is 9.36. The molecule has 0 aromatic carbocycles. The molecule has 0 aliphatic carbocycles. The summed E-state index contributed by atoms with van der Waals surface area (Å²) < 4.78 is 10.9. The first-order valence-corrected chi connectivity index (χ1v) is 11.9. The lowest BCUT2D eigenvalue weighted by Crippen LogP contribution is -2.54. The smallest absolute Gasteiger partial charge is 0.310 e. The highest BCUT2D eigenvalue weighted by atomic mass is 16.5.